The first-order chi connectivity index (χ1) is 14.9. The highest BCUT2D eigenvalue weighted by atomic mass is 35.5. The molecule has 2 aliphatic rings. The van der Waals surface area contributed by atoms with Crippen molar-refractivity contribution >= 4 is 23.4 Å². The largest absolute Gasteiger partial charge is 0.338 e. The third-order valence-electron chi connectivity index (χ3n) is 6.74. The number of nitrogens with zero attached hydrogens (tertiary/aromatic N) is 2. The lowest BCUT2D eigenvalue weighted by molar-refractivity contribution is -0.136. The van der Waals surface area contributed by atoms with E-state index in [1.165, 1.54) is 0 Å². The molecule has 2 aromatic carbocycles. The summed E-state index contributed by atoms with van der Waals surface area (Å²) < 4.78 is 0. The molecule has 1 spiro atoms. The molecule has 0 aromatic heterocycles. The quantitative estimate of drug-likeness (QED) is 0.762. The van der Waals surface area contributed by atoms with Gasteiger partial charge in [-0.05, 0) is 37.5 Å². The van der Waals surface area contributed by atoms with E-state index in [-0.39, 0.29) is 23.9 Å². The predicted octanol–water partition coefficient (Wildman–Crippen LogP) is 4.11. The second-order valence-corrected chi connectivity index (χ2v) is 9.06. The number of benzene rings is 2. The van der Waals surface area contributed by atoms with Gasteiger partial charge in [0.2, 0.25) is 5.91 Å². The molecule has 2 heterocycles. The second-order valence-electron chi connectivity index (χ2n) is 8.66. The van der Waals surface area contributed by atoms with Gasteiger partial charge in [-0.3, -0.25) is 14.9 Å². The van der Waals surface area contributed by atoms with Gasteiger partial charge in [-0.2, -0.15) is 0 Å². The number of nitrogens with one attached hydrogen (secondary N) is 1. The maximum atomic E-state index is 13.4. The minimum Gasteiger partial charge on any atom is -0.338 e. The monoisotopic (exact) mass is 439 g/mol. The summed E-state index contributed by atoms with van der Waals surface area (Å²) in [5.74, 6) is 0.129. The van der Waals surface area contributed by atoms with E-state index in [2.05, 4.69) is 36.2 Å². The molecule has 31 heavy (non-hydrogen) atoms. The van der Waals surface area contributed by atoms with Crippen LogP contribution < -0.4 is 5.32 Å². The van der Waals surface area contributed by atoms with Crippen LogP contribution in [0.15, 0.2) is 54.6 Å². The topological polar surface area (TPSA) is 52.7 Å². The Bertz CT molecular complexity index is 941. The fourth-order valence-corrected chi connectivity index (χ4v) is 5.13. The van der Waals surface area contributed by atoms with Gasteiger partial charge in [0.1, 0.15) is 0 Å². The van der Waals surface area contributed by atoms with Crippen molar-refractivity contribution in [1.29, 1.82) is 0 Å². The summed E-state index contributed by atoms with van der Waals surface area (Å²) in [5, 5.41) is 4.17. The number of carbonyl (C=O) groups is 2. The Morgan fingerprint density at radius 1 is 1.13 bits per heavy atom. The van der Waals surface area contributed by atoms with Crippen LogP contribution in [-0.4, -0.2) is 52.5 Å². The Morgan fingerprint density at radius 2 is 1.77 bits per heavy atom. The minimum absolute atomic E-state index is 0.0410. The van der Waals surface area contributed by atoms with E-state index < -0.39 is 5.66 Å². The number of amides is 2. The highest BCUT2D eigenvalue weighted by Crippen LogP contribution is 2.36. The molecule has 0 unspecified atom stereocenters. The van der Waals surface area contributed by atoms with E-state index in [9.17, 15) is 9.59 Å². The molecule has 2 saturated heterocycles. The molecule has 2 atom stereocenters. The van der Waals surface area contributed by atoms with Gasteiger partial charge >= 0.3 is 0 Å². The van der Waals surface area contributed by atoms with Crippen molar-refractivity contribution < 1.29 is 9.59 Å². The molecule has 0 aliphatic carbocycles. The van der Waals surface area contributed by atoms with Gasteiger partial charge in [0.05, 0.1) is 22.3 Å². The molecule has 0 saturated carbocycles. The van der Waals surface area contributed by atoms with Crippen molar-refractivity contribution in [3.05, 3.63) is 70.7 Å². The molecular formula is C25H30ClN3O2. The third-order valence-corrected chi connectivity index (χ3v) is 7.07. The van der Waals surface area contributed by atoms with Gasteiger partial charge in [-0.25, -0.2) is 0 Å². The molecule has 0 radical (unpaired) electrons. The van der Waals surface area contributed by atoms with E-state index in [4.69, 9.17) is 11.6 Å². The zero-order valence-electron chi connectivity index (χ0n) is 18.2. The molecular weight excluding hydrogens is 410 g/mol. The first-order valence-electron chi connectivity index (χ1n) is 11.1. The van der Waals surface area contributed by atoms with Crippen molar-refractivity contribution in [3.8, 4) is 0 Å². The summed E-state index contributed by atoms with van der Waals surface area (Å²) in [6.07, 6.45) is 3.00. The maximum Gasteiger partial charge on any atom is 0.255 e. The van der Waals surface area contributed by atoms with Crippen LogP contribution in [0.1, 0.15) is 49.0 Å². The van der Waals surface area contributed by atoms with E-state index in [1.54, 1.807) is 12.1 Å². The molecule has 2 amide bonds. The zero-order chi connectivity index (χ0) is 22.0. The number of piperidine rings is 1. The summed E-state index contributed by atoms with van der Waals surface area (Å²) in [6.45, 7) is 5.42. The first-order valence-corrected chi connectivity index (χ1v) is 11.5. The fourth-order valence-electron chi connectivity index (χ4n) is 4.91. The summed E-state index contributed by atoms with van der Waals surface area (Å²) in [7, 11) is 0. The van der Waals surface area contributed by atoms with Gasteiger partial charge in [0, 0.05) is 32.0 Å². The van der Waals surface area contributed by atoms with E-state index in [0.29, 0.717) is 42.9 Å². The van der Waals surface area contributed by atoms with Crippen LogP contribution in [0.5, 0.6) is 0 Å². The fraction of sp³-hybridized carbons (Fsp3) is 0.440. The van der Waals surface area contributed by atoms with Gasteiger partial charge in [-0.1, -0.05) is 61.0 Å². The lowest BCUT2D eigenvalue weighted by Crippen LogP contribution is -2.61. The number of rotatable bonds is 5. The predicted molar refractivity (Wildman–Crippen MR) is 123 cm³/mol. The minimum atomic E-state index is -0.400. The Morgan fingerprint density at radius 3 is 2.42 bits per heavy atom. The lowest BCUT2D eigenvalue weighted by Gasteiger charge is -2.46. The van der Waals surface area contributed by atoms with Crippen LogP contribution in [0, 0.1) is 0 Å². The van der Waals surface area contributed by atoms with E-state index in [0.717, 1.165) is 12.0 Å². The van der Waals surface area contributed by atoms with Gasteiger partial charge in [0.15, 0.2) is 0 Å². The average molecular weight is 440 g/mol. The average Bonchev–Trinajstić information content (AvgIpc) is 3.05. The standard InChI is InChI=1S/C25H30ClN3O2/c1-3-18(2)29-24(31)22(17-19-9-5-4-6-10-19)27-25(29)13-15-28(16-14-25)23(30)20-11-7-8-12-21(20)26/h4-12,18,22,27H,3,13-17H2,1-2H3/t18-,22-/m0/s1. The lowest BCUT2D eigenvalue weighted by atomic mass is 9.93. The number of hydrogen-bond donors (Lipinski definition) is 1. The third kappa shape index (κ3) is 4.21. The molecule has 4 rings (SSSR count). The van der Waals surface area contributed by atoms with Gasteiger partial charge in [0.25, 0.3) is 5.91 Å². The summed E-state index contributed by atoms with van der Waals surface area (Å²) in [5.41, 5.74) is 1.29. The van der Waals surface area contributed by atoms with E-state index >= 15 is 0 Å². The Labute approximate surface area is 189 Å². The Hall–Kier alpha value is -2.37. The molecule has 5 nitrogen and oxygen atoms in total. The number of halogens is 1. The highest BCUT2D eigenvalue weighted by Gasteiger charge is 2.53. The van der Waals surface area contributed by atoms with Crippen molar-refractivity contribution in [2.75, 3.05) is 13.1 Å². The molecule has 2 fully saturated rings. The van der Waals surface area contributed by atoms with Crippen LogP contribution in [0.25, 0.3) is 0 Å². The van der Waals surface area contributed by atoms with Gasteiger partial charge < -0.3 is 9.80 Å². The van der Waals surface area contributed by atoms with Crippen molar-refractivity contribution in [3.63, 3.8) is 0 Å². The molecule has 0 bridgehead atoms. The first kappa shape index (κ1) is 21.8. The number of hydrogen-bond acceptors (Lipinski definition) is 3. The number of likely N-dealkylation sites (tertiary alicyclic amines) is 1. The van der Waals surface area contributed by atoms with Crippen LogP contribution in [0.3, 0.4) is 0 Å². The molecule has 6 heteroatoms. The maximum absolute atomic E-state index is 13.4. The zero-order valence-corrected chi connectivity index (χ0v) is 18.9. The van der Waals surface area contributed by atoms with Gasteiger partial charge in [-0.15, -0.1) is 0 Å². The van der Waals surface area contributed by atoms with Crippen LogP contribution in [-0.2, 0) is 11.2 Å². The van der Waals surface area contributed by atoms with Crippen LogP contribution in [0.2, 0.25) is 5.02 Å². The normalized spacial score (nSPS) is 21.5. The number of carbonyl (C=O) groups excluding carboxylic acids is 2. The molecule has 2 aromatic rings. The van der Waals surface area contributed by atoms with E-state index in [1.807, 2.05) is 35.2 Å². The molecule has 2 aliphatic heterocycles. The molecule has 164 valence electrons. The SMILES string of the molecule is CC[C@H](C)N1C(=O)[C@H](Cc2ccccc2)NC12CCN(C(=O)c1ccccc1Cl)CC2. The summed E-state index contributed by atoms with van der Waals surface area (Å²) >= 11 is 6.24. The van der Waals surface area contributed by atoms with Crippen molar-refractivity contribution in [2.45, 2.75) is 57.3 Å². The van der Waals surface area contributed by atoms with Crippen molar-refractivity contribution in [2.24, 2.45) is 0 Å². The van der Waals surface area contributed by atoms with Crippen molar-refractivity contribution in [1.82, 2.24) is 15.1 Å². The molecule has 1 N–H and O–H groups in total. The van der Waals surface area contributed by atoms with Crippen LogP contribution >= 0.6 is 11.6 Å². The Kier molecular flexibility index (Phi) is 6.35. The second kappa shape index (κ2) is 9.01. The smallest absolute Gasteiger partial charge is 0.255 e. The summed E-state index contributed by atoms with van der Waals surface area (Å²) in [4.78, 5) is 30.4. The Balaban J connectivity index is 1.52. The highest BCUT2D eigenvalue weighted by molar-refractivity contribution is 6.33. The summed E-state index contributed by atoms with van der Waals surface area (Å²) in [6, 6.07) is 17.2. The van der Waals surface area contributed by atoms with Crippen LogP contribution in [0.4, 0.5) is 0 Å².